The van der Waals surface area contributed by atoms with E-state index in [9.17, 15) is 4.79 Å². The molecule has 2 aromatic heterocycles. The Kier molecular flexibility index (Phi) is 6.37. The van der Waals surface area contributed by atoms with E-state index >= 15 is 0 Å². The second-order valence-electron chi connectivity index (χ2n) is 8.13. The molecule has 4 rings (SSSR count). The number of nitrogens with zero attached hydrogens (tertiary/aromatic N) is 3. The van der Waals surface area contributed by atoms with E-state index in [1.165, 1.54) is 11.1 Å². The van der Waals surface area contributed by atoms with Crippen LogP contribution in [0.25, 0.3) is 10.9 Å². The highest BCUT2D eigenvalue weighted by Crippen LogP contribution is 2.24. The maximum Gasteiger partial charge on any atom is 0.191 e. The number of hydrogen-bond donors (Lipinski definition) is 1. The number of fused-ring (bicyclic) bond motifs is 1. The molecule has 0 aliphatic rings. The summed E-state index contributed by atoms with van der Waals surface area (Å²) in [5.74, 6) is 2.22. The average molecular weight is 449 g/mol. The van der Waals surface area contributed by atoms with Crippen LogP contribution in [0.3, 0.4) is 0 Å². The van der Waals surface area contributed by atoms with Crippen molar-refractivity contribution in [2.75, 3.05) is 0 Å². The summed E-state index contributed by atoms with van der Waals surface area (Å²) in [7, 11) is 0. The van der Waals surface area contributed by atoms with Gasteiger partial charge < -0.3 is 14.3 Å². The van der Waals surface area contributed by atoms with Crippen molar-refractivity contribution in [2.45, 2.75) is 58.7 Å². The normalized spacial score (nSPS) is 11.3. The topological polar surface area (TPSA) is 72.8 Å². The van der Waals surface area contributed by atoms with Gasteiger partial charge in [-0.15, -0.1) is 10.2 Å². The third kappa shape index (κ3) is 4.58. The van der Waals surface area contributed by atoms with E-state index < -0.39 is 0 Å². The summed E-state index contributed by atoms with van der Waals surface area (Å²) in [5, 5.41) is 10.3. The van der Waals surface area contributed by atoms with E-state index in [2.05, 4.69) is 52.7 Å². The summed E-state index contributed by atoms with van der Waals surface area (Å²) in [4.78, 5) is 16.1. The van der Waals surface area contributed by atoms with Crippen LogP contribution >= 0.6 is 11.8 Å². The van der Waals surface area contributed by atoms with Crippen molar-refractivity contribution in [3.8, 4) is 5.75 Å². The summed E-state index contributed by atoms with van der Waals surface area (Å²) in [5.41, 5.74) is 6.42. The van der Waals surface area contributed by atoms with E-state index in [1.54, 1.807) is 17.8 Å². The first-order chi connectivity index (χ1) is 15.4. The van der Waals surface area contributed by atoms with Crippen LogP contribution in [0.2, 0.25) is 0 Å². The highest BCUT2D eigenvalue weighted by atomic mass is 32.2. The van der Waals surface area contributed by atoms with Gasteiger partial charge >= 0.3 is 0 Å². The summed E-state index contributed by atoms with van der Waals surface area (Å²) in [6, 6.07) is 11.8. The molecule has 0 aliphatic carbocycles. The molecule has 0 bridgehead atoms. The first kappa shape index (κ1) is 22.1. The number of nitrogens with one attached hydrogen (secondary N) is 1. The van der Waals surface area contributed by atoms with Crippen molar-refractivity contribution in [1.29, 1.82) is 0 Å². The number of pyridine rings is 1. The number of ether oxygens (including phenoxy) is 1. The minimum atomic E-state index is 0.0422. The smallest absolute Gasteiger partial charge is 0.191 e. The molecular formula is C25H28N4O2S. The molecule has 0 amide bonds. The van der Waals surface area contributed by atoms with Gasteiger partial charge in [0.2, 0.25) is 0 Å². The molecule has 0 spiro atoms. The number of rotatable bonds is 7. The van der Waals surface area contributed by atoms with Crippen LogP contribution < -0.4 is 10.2 Å². The van der Waals surface area contributed by atoms with Crippen LogP contribution in [0.15, 0.2) is 46.3 Å². The van der Waals surface area contributed by atoms with Gasteiger partial charge in [0.15, 0.2) is 16.4 Å². The molecular weight excluding hydrogens is 420 g/mol. The van der Waals surface area contributed by atoms with Gasteiger partial charge in [-0.05, 0) is 75.1 Å². The SMILES string of the molecule is CCn1c(COc2ccc(C)c(C)c2)nnc1SCc1cc(=O)c2cc(C)cc(C)c2[nH]1. The Morgan fingerprint density at radius 1 is 1.00 bits per heavy atom. The lowest BCUT2D eigenvalue weighted by Gasteiger charge is -2.10. The van der Waals surface area contributed by atoms with E-state index in [-0.39, 0.29) is 5.43 Å². The number of thioether (sulfide) groups is 1. The molecule has 0 atom stereocenters. The first-order valence-electron chi connectivity index (χ1n) is 10.7. The Morgan fingerprint density at radius 3 is 2.56 bits per heavy atom. The van der Waals surface area contributed by atoms with Gasteiger partial charge in [-0.25, -0.2) is 0 Å². The molecule has 6 nitrogen and oxygen atoms in total. The quantitative estimate of drug-likeness (QED) is 0.391. The number of benzene rings is 2. The zero-order valence-electron chi connectivity index (χ0n) is 19.2. The molecule has 0 saturated heterocycles. The van der Waals surface area contributed by atoms with Crippen molar-refractivity contribution in [2.24, 2.45) is 0 Å². The Labute approximate surface area is 192 Å². The summed E-state index contributed by atoms with van der Waals surface area (Å²) in [6.45, 7) is 11.4. The molecule has 0 saturated carbocycles. The number of hydrogen-bond acceptors (Lipinski definition) is 5. The molecule has 32 heavy (non-hydrogen) atoms. The Balaban J connectivity index is 1.50. The van der Waals surface area contributed by atoms with Crippen LogP contribution in [0.5, 0.6) is 5.75 Å². The predicted octanol–water partition coefficient (Wildman–Crippen LogP) is 5.24. The van der Waals surface area contributed by atoms with E-state index in [1.807, 2.05) is 32.0 Å². The maximum atomic E-state index is 12.6. The highest BCUT2D eigenvalue weighted by Gasteiger charge is 2.13. The zero-order chi connectivity index (χ0) is 22.8. The number of aryl methyl sites for hydroxylation is 4. The van der Waals surface area contributed by atoms with E-state index in [4.69, 9.17) is 4.74 Å². The van der Waals surface area contributed by atoms with Crippen LogP contribution in [-0.4, -0.2) is 19.7 Å². The summed E-state index contributed by atoms with van der Waals surface area (Å²) < 4.78 is 8.01. The fraction of sp³-hybridized carbons (Fsp3) is 0.320. The zero-order valence-corrected chi connectivity index (χ0v) is 20.0. The molecule has 7 heteroatoms. The molecule has 2 heterocycles. The largest absolute Gasteiger partial charge is 0.486 e. The van der Waals surface area contributed by atoms with Crippen LogP contribution in [-0.2, 0) is 18.9 Å². The Morgan fingerprint density at radius 2 is 1.81 bits per heavy atom. The van der Waals surface area contributed by atoms with Crippen molar-refractivity contribution >= 4 is 22.7 Å². The van der Waals surface area contributed by atoms with Gasteiger partial charge in [0.05, 0.1) is 5.52 Å². The van der Waals surface area contributed by atoms with Crippen molar-refractivity contribution in [1.82, 2.24) is 19.7 Å². The second-order valence-corrected chi connectivity index (χ2v) is 9.07. The lowest BCUT2D eigenvalue weighted by Crippen LogP contribution is -2.08. The molecule has 0 fully saturated rings. The van der Waals surface area contributed by atoms with Gasteiger partial charge in [0.1, 0.15) is 12.4 Å². The average Bonchev–Trinajstić information content (AvgIpc) is 3.15. The van der Waals surface area contributed by atoms with E-state index in [0.717, 1.165) is 51.0 Å². The number of aromatic amines is 1. The standard InChI is InChI=1S/C25H28N4O2S/c1-6-29-23(13-31-20-8-7-16(3)17(4)11-20)27-28-25(29)32-14-19-12-22(30)21-10-15(2)9-18(5)24(21)26-19/h7-12H,6,13-14H2,1-5H3,(H,26,30). The van der Waals surface area contributed by atoms with E-state index in [0.29, 0.717) is 12.4 Å². The first-order valence-corrected chi connectivity index (χ1v) is 11.7. The number of aromatic nitrogens is 4. The lowest BCUT2D eigenvalue weighted by molar-refractivity contribution is 0.288. The van der Waals surface area contributed by atoms with Crippen LogP contribution in [0, 0.1) is 27.7 Å². The minimum Gasteiger partial charge on any atom is -0.486 e. The van der Waals surface area contributed by atoms with Gasteiger partial charge in [-0.1, -0.05) is 23.9 Å². The van der Waals surface area contributed by atoms with Crippen molar-refractivity contribution < 1.29 is 4.74 Å². The van der Waals surface area contributed by atoms with Gasteiger partial charge in [-0.3, -0.25) is 4.79 Å². The van der Waals surface area contributed by atoms with Gasteiger partial charge in [0, 0.05) is 29.4 Å². The Hall–Kier alpha value is -3.06. The fourth-order valence-electron chi connectivity index (χ4n) is 3.78. The monoisotopic (exact) mass is 448 g/mol. The molecule has 166 valence electrons. The maximum absolute atomic E-state index is 12.6. The van der Waals surface area contributed by atoms with Crippen LogP contribution in [0.4, 0.5) is 0 Å². The highest BCUT2D eigenvalue weighted by molar-refractivity contribution is 7.98. The predicted molar refractivity (Wildman–Crippen MR) is 130 cm³/mol. The van der Waals surface area contributed by atoms with Crippen LogP contribution in [0.1, 0.15) is 40.7 Å². The fourth-order valence-corrected chi connectivity index (χ4v) is 4.71. The summed E-state index contributed by atoms with van der Waals surface area (Å²) in [6.07, 6.45) is 0. The molecule has 1 N–H and O–H groups in total. The lowest BCUT2D eigenvalue weighted by atomic mass is 10.1. The molecule has 0 aliphatic heterocycles. The molecule has 0 radical (unpaired) electrons. The van der Waals surface area contributed by atoms with Gasteiger partial charge in [-0.2, -0.15) is 0 Å². The molecule has 4 aromatic rings. The third-order valence-electron chi connectivity index (χ3n) is 5.65. The third-order valence-corrected chi connectivity index (χ3v) is 6.66. The second kappa shape index (κ2) is 9.20. The summed E-state index contributed by atoms with van der Waals surface area (Å²) >= 11 is 1.56. The Bertz CT molecular complexity index is 1340. The molecule has 2 aromatic carbocycles. The van der Waals surface area contributed by atoms with Crippen molar-refractivity contribution in [3.05, 3.63) is 80.4 Å². The van der Waals surface area contributed by atoms with Gasteiger partial charge in [0.25, 0.3) is 0 Å². The number of H-pyrrole nitrogens is 1. The van der Waals surface area contributed by atoms with Crippen molar-refractivity contribution in [3.63, 3.8) is 0 Å². The molecule has 0 unspecified atom stereocenters. The minimum absolute atomic E-state index is 0.0422.